The summed E-state index contributed by atoms with van der Waals surface area (Å²) in [4.78, 5) is 17.7. The Balaban J connectivity index is 1.51. The third-order valence-electron chi connectivity index (χ3n) is 4.38. The molecule has 0 saturated carbocycles. The fraction of sp³-hybridized carbons (Fsp3) is 0.211. The van der Waals surface area contributed by atoms with Crippen molar-refractivity contribution in [2.45, 2.75) is 19.3 Å². The van der Waals surface area contributed by atoms with Gasteiger partial charge in [-0.05, 0) is 67.5 Å². The summed E-state index contributed by atoms with van der Waals surface area (Å²) in [6, 6.07) is 12.4. The van der Waals surface area contributed by atoms with Gasteiger partial charge in [-0.2, -0.15) is 5.21 Å². The Morgan fingerprint density at radius 1 is 1.20 bits per heavy atom. The summed E-state index contributed by atoms with van der Waals surface area (Å²) in [5.41, 5.74) is 1.68. The first-order chi connectivity index (χ1) is 14.6. The van der Waals surface area contributed by atoms with Gasteiger partial charge in [-0.25, -0.2) is 4.79 Å². The topological polar surface area (TPSA) is 99.8 Å². The zero-order valence-electron chi connectivity index (χ0n) is 15.7. The number of hydrogen-bond donors (Lipinski definition) is 2. The van der Waals surface area contributed by atoms with Crippen LogP contribution in [0.3, 0.4) is 0 Å². The predicted octanol–water partition coefficient (Wildman–Crippen LogP) is 5.15. The minimum absolute atomic E-state index is 0.430. The molecule has 2 N–H and O–H groups in total. The second-order valence-corrected chi connectivity index (χ2v) is 8.61. The van der Waals surface area contributed by atoms with Crippen LogP contribution in [0.15, 0.2) is 42.5 Å². The highest BCUT2D eigenvalue weighted by atomic mass is 35.5. The molecule has 11 heteroatoms. The van der Waals surface area contributed by atoms with Crippen LogP contribution in [0.2, 0.25) is 5.02 Å². The monoisotopic (exact) mass is 460 g/mol. The molecule has 0 spiro atoms. The lowest BCUT2D eigenvalue weighted by Crippen LogP contribution is -2.34. The Morgan fingerprint density at radius 3 is 2.80 bits per heavy atom. The highest BCUT2D eigenvalue weighted by Gasteiger charge is 2.19. The first kappa shape index (κ1) is 20.5. The van der Waals surface area contributed by atoms with Crippen molar-refractivity contribution in [3.05, 3.63) is 57.3 Å². The van der Waals surface area contributed by atoms with Crippen molar-refractivity contribution in [3.8, 4) is 5.75 Å². The third kappa shape index (κ3) is 5.02. The van der Waals surface area contributed by atoms with E-state index in [4.69, 9.17) is 28.6 Å². The normalized spacial score (nSPS) is 11.0. The second-order valence-electron chi connectivity index (χ2n) is 6.45. The van der Waals surface area contributed by atoms with E-state index in [0.717, 1.165) is 28.7 Å². The van der Waals surface area contributed by atoms with Crippen molar-refractivity contribution in [1.29, 1.82) is 0 Å². The average molecular weight is 461 g/mol. The maximum absolute atomic E-state index is 13.0. The van der Waals surface area contributed by atoms with E-state index >= 15 is 0 Å². The zero-order chi connectivity index (χ0) is 20.9. The lowest BCUT2D eigenvalue weighted by Gasteiger charge is -2.22. The number of hydrogen-bond acceptors (Lipinski definition) is 7. The molecule has 0 aliphatic carbocycles. The van der Waals surface area contributed by atoms with Crippen LogP contribution < -0.4 is 9.64 Å². The number of rotatable bonds is 7. The number of amides is 1. The van der Waals surface area contributed by atoms with Gasteiger partial charge < -0.3 is 9.72 Å². The number of H-pyrrole nitrogens is 2. The third-order valence-corrected chi connectivity index (χ3v) is 5.83. The Labute approximate surface area is 185 Å². The van der Waals surface area contributed by atoms with Crippen molar-refractivity contribution in [2.24, 2.45) is 0 Å². The number of halogens is 1. The summed E-state index contributed by atoms with van der Waals surface area (Å²) in [6.07, 6.45) is 1.76. The van der Waals surface area contributed by atoms with Gasteiger partial charge >= 0.3 is 6.09 Å². The van der Waals surface area contributed by atoms with Gasteiger partial charge in [0.1, 0.15) is 5.75 Å². The minimum atomic E-state index is -0.463. The molecule has 1 amide bonds. The lowest BCUT2D eigenvalue weighted by atomic mass is 10.2. The van der Waals surface area contributed by atoms with E-state index in [9.17, 15) is 4.79 Å². The number of anilines is 1. The van der Waals surface area contributed by atoms with Gasteiger partial charge in [0.15, 0.2) is 9.78 Å². The van der Waals surface area contributed by atoms with Crippen LogP contribution in [0.5, 0.6) is 5.75 Å². The fourth-order valence-corrected chi connectivity index (χ4v) is 4.20. The van der Waals surface area contributed by atoms with Crippen LogP contribution in [-0.4, -0.2) is 38.2 Å². The molecule has 2 aromatic carbocycles. The molecule has 154 valence electrons. The molecule has 8 nitrogen and oxygen atoms in total. The molecule has 0 aliphatic rings. The highest BCUT2D eigenvalue weighted by molar-refractivity contribution is 7.73. The molecular weight excluding hydrogens is 444 g/mol. The fourth-order valence-electron chi connectivity index (χ4n) is 2.93. The minimum Gasteiger partial charge on any atom is -0.410 e. The molecule has 0 bridgehead atoms. The van der Waals surface area contributed by atoms with E-state index in [0.29, 0.717) is 33.5 Å². The lowest BCUT2D eigenvalue weighted by molar-refractivity contribution is 0.207. The summed E-state index contributed by atoms with van der Waals surface area (Å²) in [7, 11) is 0. The van der Waals surface area contributed by atoms with Crippen LogP contribution in [0.25, 0.3) is 10.2 Å². The van der Waals surface area contributed by atoms with Gasteiger partial charge in [0, 0.05) is 23.7 Å². The van der Waals surface area contributed by atoms with Crippen LogP contribution in [0, 0.1) is 3.95 Å². The first-order valence-corrected chi connectivity index (χ1v) is 10.8. The Bertz CT molecular complexity index is 1190. The number of ether oxygens (including phenoxy) is 1. The van der Waals surface area contributed by atoms with Crippen molar-refractivity contribution in [3.63, 3.8) is 0 Å². The van der Waals surface area contributed by atoms with E-state index < -0.39 is 6.09 Å². The Morgan fingerprint density at radius 2 is 2.03 bits per heavy atom. The molecule has 0 fully saturated rings. The Hall–Kier alpha value is -2.82. The molecule has 0 unspecified atom stereocenters. The molecule has 30 heavy (non-hydrogen) atoms. The highest BCUT2D eigenvalue weighted by Crippen LogP contribution is 2.27. The number of nitrogens with zero attached hydrogens (tertiary/aromatic N) is 4. The van der Waals surface area contributed by atoms with E-state index in [1.807, 2.05) is 18.2 Å². The van der Waals surface area contributed by atoms with Crippen LogP contribution in [0.4, 0.5) is 10.5 Å². The smallest absolute Gasteiger partial charge is 0.410 e. The van der Waals surface area contributed by atoms with Gasteiger partial charge in [0.25, 0.3) is 0 Å². The predicted molar refractivity (Wildman–Crippen MR) is 119 cm³/mol. The van der Waals surface area contributed by atoms with E-state index in [1.54, 1.807) is 29.2 Å². The number of benzene rings is 2. The largest absolute Gasteiger partial charge is 0.419 e. The number of unbranched alkanes of at least 4 members (excludes halogenated alkanes) is 1. The maximum Gasteiger partial charge on any atom is 0.419 e. The van der Waals surface area contributed by atoms with Crippen molar-refractivity contribution in [2.75, 3.05) is 11.4 Å². The summed E-state index contributed by atoms with van der Waals surface area (Å²) >= 11 is 12.6. The molecule has 0 aliphatic heterocycles. The standard InChI is InChI=1S/C19H17ClN6O2S2/c20-12-4-7-14(8-5-12)28-19(27)26(10-2-1-3-17-22-24-25-23-17)13-6-9-15-16(11-13)30-18(29)21-15/h4-9,11H,1-3,10H2,(H,21,29)(H,22,23,24,25). The quantitative estimate of drug-likeness (QED) is 0.292. The van der Waals surface area contributed by atoms with E-state index in [2.05, 4.69) is 25.6 Å². The molecule has 0 atom stereocenters. The number of aryl methyl sites for hydroxylation is 1. The van der Waals surface area contributed by atoms with Crippen molar-refractivity contribution >= 4 is 57.2 Å². The summed E-state index contributed by atoms with van der Waals surface area (Å²) in [5, 5.41) is 14.5. The molecule has 2 aromatic heterocycles. The maximum atomic E-state index is 13.0. The van der Waals surface area contributed by atoms with Crippen LogP contribution in [0.1, 0.15) is 18.7 Å². The van der Waals surface area contributed by atoms with E-state index in [-0.39, 0.29) is 0 Å². The summed E-state index contributed by atoms with van der Waals surface area (Å²) in [5.74, 6) is 1.08. The second kappa shape index (κ2) is 9.33. The SMILES string of the molecule is O=C(Oc1ccc(Cl)cc1)N(CCCCc1nn[nH]n1)c1ccc2[nH]c(=S)sc2c1. The van der Waals surface area contributed by atoms with Crippen molar-refractivity contribution in [1.82, 2.24) is 25.6 Å². The molecule has 4 rings (SSSR count). The van der Waals surface area contributed by atoms with Gasteiger partial charge in [0.2, 0.25) is 0 Å². The van der Waals surface area contributed by atoms with E-state index in [1.165, 1.54) is 11.3 Å². The number of carbonyl (C=O) groups excluding carboxylic acids is 1. The van der Waals surface area contributed by atoms with Gasteiger partial charge in [-0.3, -0.25) is 4.90 Å². The average Bonchev–Trinajstić information content (AvgIpc) is 3.37. The number of aromatic amines is 2. The number of nitrogens with one attached hydrogen (secondary N) is 2. The van der Waals surface area contributed by atoms with Crippen molar-refractivity contribution < 1.29 is 9.53 Å². The number of tetrazole rings is 1. The number of carbonyl (C=O) groups is 1. The number of aromatic nitrogens is 5. The molecule has 0 saturated heterocycles. The summed E-state index contributed by atoms with van der Waals surface area (Å²) < 4.78 is 7.24. The Kier molecular flexibility index (Phi) is 6.36. The van der Waals surface area contributed by atoms with Gasteiger partial charge in [-0.15, -0.1) is 21.5 Å². The molecule has 2 heterocycles. The number of thiazole rings is 1. The number of fused-ring (bicyclic) bond motifs is 1. The molecule has 4 aromatic rings. The van der Waals surface area contributed by atoms with Gasteiger partial charge in [-0.1, -0.05) is 16.8 Å². The first-order valence-electron chi connectivity index (χ1n) is 9.18. The zero-order valence-corrected chi connectivity index (χ0v) is 18.1. The molecule has 0 radical (unpaired) electrons. The molecular formula is C19H17ClN6O2S2. The van der Waals surface area contributed by atoms with Crippen LogP contribution >= 0.6 is 35.2 Å². The van der Waals surface area contributed by atoms with Crippen LogP contribution in [-0.2, 0) is 6.42 Å². The van der Waals surface area contributed by atoms with Gasteiger partial charge in [0.05, 0.1) is 10.2 Å². The summed E-state index contributed by atoms with van der Waals surface area (Å²) in [6.45, 7) is 0.478.